The first-order valence-corrected chi connectivity index (χ1v) is 3.97. The van der Waals surface area contributed by atoms with Gasteiger partial charge in [-0.2, -0.15) is 0 Å². The lowest BCUT2D eigenvalue weighted by atomic mass is 10.0. The van der Waals surface area contributed by atoms with Crippen LogP contribution in [0.1, 0.15) is 11.5 Å². The average Bonchev–Trinajstić information content (AvgIpc) is 2.49. The maximum atomic E-state index is 9.50. The minimum atomic E-state index is 0.154. The van der Waals surface area contributed by atoms with Gasteiger partial charge in [0.05, 0.1) is 6.61 Å². The summed E-state index contributed by atoms with van der Waals surface area (Å²) in [5.74, 6) is 1.21. The number of phenols is 1. The van der Waals surface area contributed by atoms with Crippen molar-refractivity contribution < 1.29 is 9.84 Å². The molecule has 1 aromatic carbocycles. The highest BCUT2D eigenvalue weighted by Crippen LogP contribution is 2.39. The van der Waals surface area contributed by atoms with Crippen LogP contribution in [0.25, 0.3) is 0 Å². The second-order valence-electron chi connectivity index (χ2n) is 2.93. The van der Waals surface area contributed by atoms with E-state index in [1.54, 1.807) is 12.1 Å². The molecule has 1 aliphatic rings. The van der Waals surface area contributed by atoms with Crippen LogP contribution in [0, 0.1) is 0 Å². The monoisotopic (exact) mass is 165 g/mol. The summed E-state index contributed by atoms with van der Waals surface area (Å²) >= 11 is 0. The van der Waals surface area contributed by atoms with E-state index in [4.69, 9.17) is 10.5 Å². The Hall–Kier alpha value is -1.22. The molecule has 3 N–H and O–H groups in total. The Labute approximate surface area is 70.8 Å². The molecule has 12 heavy (non-hydrogen) atoms. The highest BCUT2D eigenvalue weighted by atomic mass is 16.5. The Morgan fingerprint density at radius 1 is 1.58 bits per heavy atom. The van der Waals surface area contributed by atoms with Crippen molar-refractivity contribution in [2.75, 3.05) is 13.2 Å². The first-order chi connectivity index (χ1) is 5.83. The fourth-order valence-corrected chi connectivity index (χ4v) is 1.53. The van der Waals surface area contributed by atoms with Gasteiger partial charge in [-0.25, -0.2) is 0 Å². The first-order valence-electron chi connectivity index (χ1n) is 3.97. The van der Waals surface area contributed by atoms with Crippen molar-refractivity contribution in [1.29, 1.82) is 0 Å². The molecule has 0 amide bonds. The van der Waals surface area contributed by atoms with Crippen LogP contribution in [0.2, 0.25) is 0 Å². The molecular formula is C9H11NO2. The van der Waals surface area contributed by atoms with Crippen molar-refractivity contribution in [3.05, 3.63) is 23.8 Å². The second kappa shape index (κ2) is 2.68. The highest BCUT2D eigenvalue weighted by Gasteiger charge is 2.25. The number of fused-ring (bicyclic) bond motifs is 1. The largest absolute Gasteiger partial charge is 0.508 e. The normalized spacial score (nSPS) is 20.2. The third-order valence-electron chi connectivity index (χ3n) is 2.18. The molecule has 3 heteroatoms. The van der Waals surface area contributed by atoms with Gasteiger partial charge >= 0.3 is 0 Å². The van der Waals surface area contributed by atoms with Gasteiger partial charge in [0.15, 0.2) is 0 Å². The lowest BCUT2D eigenvalue weighted by molar-refractivity contribution is 0.332. The number of hydrogen-bond donors (Lipinski definition) is 2. The van der Waals surface area contributed by atoms with Crippen molar-refractivity contribution in [3.63, 3.8) is 0 Å². The topological polar surface area (TPSA) is 55.5 Å². The summed E-state index contributed by atoms with van der Waals surface area (Å²) in [5.41, 5.74) is 6.39. The minimum absolute atomic E-state index is 0.154. The zero-order valence-corrected chi connectivity index (χ0v) is 6.66. The van der Waals surface area contributed by atoms with Crippen molar-refractivity contribution in [3.8, 4) is 11.5 Å². The summed E-state index contributed by atoms with van der Waals surface area (Å²) in [7, 11) is 0. The molecule has 1 aromatic rings. The molecule has 64 valence electrons. The number of phenolic OH excluding ortho intramolecular Hbond substituents is 1. The van der Waals surface area contributed by atoms with Crippen molar-refractivity contribution in [2.24, 2.45) is 5.73 Å². The predicted octanol–water partition coefficient (Wildman–Crippen LogP) is 0.827. The maximum Gasteiger partial charge on any atom is 0.126 e. The number of hydrogen-bond acceptors (Lipinski definition) is 3. The van der Waals surface area contributed by atoms with Crippen LogP contribution < -0.4 is 10.5 Å². The lowest BCUT2D eigenvalue weighted by Crippen LogP contribution is -2.13. The fourth-order valence-electron chi connectivity index (χ4n) is 1.53. The SMILES string of the molecule is NCC1COc2cccc(O)c21. The molecule has 2 rings (SSSR count). The average molecular weight is 165 g/mol. The zero-order valence-electron chi connectivity index (χ0n) is 6.66. The number of ether oxygens (including phenoxy) is 1. The van der Waals surface area contributed by atoms with Gasteiger partial charge in [-0.05, 0) is 12.1 Å². The highest BCUT2D eigenvalue weighted by molar-refractivity contribution is 5.48. The molecule has 0 fully saturated rings. The van der Waals surface area contributed by atoms with E-state index in [9.17, 15) is 5.11 Å². The molecule has 0 aromatic heterocycles. The van der Waals surface area contributed by atoms with E-state index < -0.39 is 0 Å². The van der Waals surface area contributed by atoms with Gasteiger partial charge in [0, 0.05) is 18.0 Å². The van der Waals surface area contributed by atoms with Crippen molar-refractivity contribution >= 4 is 0 Å². The summed E-state index contributed by atoms with van der Waals surface area (Å²) in [4.78, 5) is 0. The summed E-state index contributed by atoms with van der Waals surface area (Å²) in [6, 6.07) is 5.29. The molecule has 0 aliphatic carbocycles. The minimum Gasteiger partial charge on any atom is -0.508 e. The molecule has 1 aliphatic heterocycles. The smallest absolute Gasteiger partial charge is 0.126 e. The van der Waals surface area contributed by atoms with E-state index >= 15 is 0 Å². The van der Waals surface area contributed by atoms with E-state index in [-0.39, 0.29) is 5.92 Å². The number of nitrogens with two attached hydrogens (primary N) is 1. The van der Waals surface area contributed by atoms with Crippen LogP contribution in [0.3, 0.4) is 0 Å². The molecule has 0 radical (unpaired) electrons. The van der Waals surface area contributed by atoms with Crippen molar-refractivity contribution in [2.45, 2.75) is 5.92 Å². The Balaban J connectivity index is 2.48. The van der Waals surface area contributed by atoms with E-state index in [0.29, 0.717) is 18.9 Å². The molecule has 0 bridgehead atoms. The number of benzene rings is 1. The van der Waals surface area contributed by atoms with Crippen LogP contribution in [-0.4, -0.2) is 18.3 Å². The number of rotatable bonds is 1. The summed E-state index contributed by atoms with van der Waals surface area (Å²) in [6.45, 7) is 1.11. The summed E-state index contributed by atoms with van der Waals surface area (Å²) in [6.07, 6.45) is 0. The van der Waals surface area contributed by atoms with E-state index in [2.05, 4.69) is 0 Å². The van der Waals surface area contributed by atoms with Crippen LogP contribution >= 0.6 is 0 Å². The van der Waals surface area contributed by atoms with E-state index in [1.165, 1.54) is 0 Å². The quantitative estimate of drug-likeness (QED) is 0.648. The summed E-state index contributed by atoms with van der Waals surface area (Å²) < 4.78 is 5.34. The fraction of sp³-hybridized carbons (Fsp3) is 0.333. The Morgan fingerprint density at radius 2 is 2.42 bits per heavy atom. The van der Waals surface area contributed by atoms with Gasteiger partial charge in [0.1, 0.15) is 11.5 Å². The molecular weight excluding hydrogens is 154 g/mol. The van der Waals surface area contributed by atoms with E-state index in [0.717, 1.165) is 11.3 Å². The van der Waals surface area contributed by atoms with Gasteiger partial charge in [0.25, 0.3) is 0 Å². The Bertz CT molecular complexity index is 299. The molecule has 0 saturated heterocycles. The third-order valence-corrected chi connectivity index (χ3v) is 2.18. The zero-order chi connectivity index (χ0) is 8.55. The first kappa shape index (κ1) is 7.43. The standard InChI is InChI=1S/C9H11NO2/c10-4-6-5-12-8-3-1-2-7(11)9(6)8/h1-3,6,11H,4-5,10H2. The van der Waals surface area contributed by atoms with Crippen LogP contribution in [0.15, 0.2) is 18.2 Å². The van der Waals surface area contributed by atoms with Gasteiger partial charge in [0.2, 0.25) is 0 Å². The van der Waals surface area contributed by atoms with Gasteiger partial charge in [-0.1, -0.05) is 6.07 Å². The Morgan fingerprint density at radius 3 is 3.17 bits per heavy atom. The van der Waals surface area contributed by atoms with Crippen LogP contribution in [-0.2, 0) is 0 Å². The van der Waals surface area contributed by atoms with Gasteiger partial charge in [-0.3, -0.25) is 0 Å². The second-order valence-corrected chi connectivity index (χ2v) is 2.93. The maximum absolute atomic E-state index is 9.50. The Kier molecular flexibility index (Phi) is 1.66. The molecule has 1 atom stereocenters. The van der Waals surface area contributed by atoms with Crippen LogP contribution in [0.5, 0.6) is 11.5 Å². The van der Waals surface area contributed by atoms with Crippen molar-refractivity contribution in [1.82, 2.24) is 0 Å². The third kappa shape index (κ3) is 0.940. The number of aromatic hydroxyl groups is 1. The molecule has 1 heterocycles. The van der Waals surface area contributed by atoms with Gasteiger partial charge in [-0.15, -0.1) is 0 Å². The van der Waals surface area contributed by atoms with Crippen LogP contribution in [0.4, 0.5) is 0 Å². The molecule has 0 spiro atoms. The molecule has 0 saturated carbocycles. The molecule has 3 nitrogen and oxygen atoms in total. The molecule has 1 unspecified atom stereocenters. The van der Waals surface area contributed by atoms with Gasteiger partial charge < -0.3 is 15.6 Å². The summed E-state index contributed by atoms with van der Waals surface area (Å²) in [5, 5.41) is 9.50. The predicted molar refractivity (Wildman–Crippen MR) is 45.4 cm³/mol. The van der Waals surface area contributed by atoms with E-state index in [1.807, 2.05) is 6.07 Å². The lowest BCUT2D eigenvalue weighted by Gasteiger charge is -2.05.